The van der Waals surface area contributed by atoms with Gasteiger partial charge in [-0.3, -0.25) is 4.79 Å². The summed E-state index contributed by atoms with van der Waals surface area (Å²) in [7, 11) is 0. The van der Waals surface area contributed by atoms with Crippen LogP contribution in [0, 0.1) is 12.8 Å². The number of hydrogen-bond donors (Lipinski definition) is 1. The molecule has 2 aromatic rings. The maximum absolute atomic E-state index is 13.2. The number of Topliss-reactive ketones (excluding diaryl/α,β-unsaturated/α-hetero) is 1. The van der Waals surface area contributed by atoms with E-state index in [1.807, 2.05) is 12.1 Å². The van der Waals surface area contributed by atoms with Crippen LogP contribution >= 0.6 is 0 Å². The number of fused-ring (bicyclic) bond motifs is 3. The van der Waals surface area contributed by atoms with Gasteiger partial charge in [-0.2, -0.15) is 0 Å². The zero-order valence-corrected chi connectivity index (χ0v) is 13.1. The predicted molar refractivity (Wildman–Crippen MR) is 90.3 cm³/mol. The molecule has 2 aliphatic heterocycles. The maximum atomic E-state index is 13.2. The van der Waals surface area contributed by atoms with E-state index in [2.05, 4.69) is 36.5 Å². The van der Waals surface area contributed by atoms with Gasteiger partial charge in [0.25, 0.3) is 0 Å². The summed E-state index contributed by atoms with van der Waals surface area (Å²) in [5, 5.41) is 5.98. The van der Waals surface area contributed by atoms with E-state index in [4.69, 9.17) is 0 Å². The first-order valence-corrected chi connectivity index (χ1v) is 8.51. The van der Waals surface area contributed by atoms with E-state index in [-0.39, 0.29) is 5.92 Å². The Hall–Kier alpha value is -1.67. The van der Waals surface area contributed by atoms with Gasteiger partial charge in [0, 0.05) is 23.6 Å². The number of nitrogens with one attached hydrogen (secondary N) is 1. The number of piperidine rings is 2. The minimum absolute atomic E-state index is 0.195. The zero-order valence-electron chi connectivity index (χ0n) is 13.1. The highest BCUT2D eigenvalue weighted by molar-refractivity contribution is 6.10. The Kier molecular flexibility index (Phi) is 3.50. The molecule has 2 aliphatic rings. The number of benzene rings is 2. The van der Waals surface area contributed by atoms with Gasteiger partial charge in [0.05, 0.1) is 0 Å². The summed E-state index contributed by atoms with van der Waals surface area (Å²) in [6.45, 7) is 2.07. The molecule has 0 spiro atoms. The normalized spacial score (nSPS) is 27.8. The topological polar surface area (TPSA) is 29.1 Å². The van der Waals surface area contributed by atoms with Gasteiger partial charge in [0.1, 0.15) is 0 Å². The van der Waals surface area contributed by atoms with Crippen molar-refractivity contribution in [1.29, 1.82) is 0 Å². The molecular weight excluding hydrogens is 270 g/mol. The van der Waals surface area contributed by atoms with E-state index in [9.17, 15) is 4.79 Å². The van der Waals surface area contributed by atoms with Crippen molar-refractivity contribution in [2.45, 2.75) is 51.1 Å². The van der Waals surface area contributed by atoms with Crippen LogP contribution in [0.25, 0.3) is 10.8 Å². The van der Waals surface area contributed by atoms with Crippen LogP contribution in [0.5, 0.6) is 0 Å². The Morgan fingerprint density at radius 2 is 1.77 bits per heavy atom. The van der Waals surface area contributed by atoms with Crippen molar-refractivity contribution in [3.05, 3.63) is 47.5 Å². The Balaban J connectivity index is 1.72. The average molecular weight is 293 g/mol. The van der Waals surface area contributed by atoms with Gasteiger partial charge in [0.15, 0.2) is 5.78 Å². The van der Waals surface area contributed by atoms with Gasteiger partial charge in [-0.15, -0.1) is 0 Å². The molecule has 22 heavy (non-hydrogen) atoms. The summed E-state index contributed by atoms with van der Waals surface area (Å²) in [5.41, 5.74) is 2.08. The lowest BCUT2D eigenvalue weighted by molar-refractivity contribution is 0.0826. The third-order valence-electron chi connectivity index (χ3n) is 5.47. The van der Waals surface area contributed by atoms with E-state index in [0.29, 0.717) is 17.9 Å². The number of carbonyl (C=O) groups is 1. The Labute approximate surface area is 131 Å². The second-order valence-electron chi connectivity index (χ2n) is 7.00. The molecule has 0 radical (unpaired) electrons. The molecule has 0 aromatic heterocycles. The second-order valence-corrected chi connectivity index (χ2v) is 7.00. The first kappa shape index (κ1) is 14.0. The van der Waals surface area contributed by atoms with Crippen molar-refractivity contribution in [3.8, 4) is 0 Å². The molecule has 2 saturated heterocycles. The number of aryl methyl sites for hydroxylation is 1. The Morgan fingerprint density at radius 3 is 2.55 bits per heavy atom. The van der Waals surface area contributed by atoms with Gasteiger partial charge in [-0.05, 0) is 48.9 Å². The molecule has 0 aliphatic carbocycles. The molecule has 2 heteroatoms. The second kappa shape index (κ2) is 5.51. The molecule has 2 nitrogen and oxygen atoms in total. The van der Waals surface area contributed by atoms with Crippen LogP contribution in [0.3, 0.4) is 0 Å². The molecule has 2 bridgehead atoms. The highest BCUT2D eigenvalue weighted by Crippen LogP contribution is 2.34. The SMILES string of the molecule is Cc1ccc2ccccc2c1C(=O)C1CC2CCCC(C1)N2. The van der Waals surface area contributed by atoms with Crippen molar-refractivity contribution >= 4 is 16.6 Å². The zero-order chi connectivity index (χ0) is 15.1. The first-order valence-electron chi connectivity index (χ1n) is 8.51. The van der Waals surface area contributed by atoms with Crippen LogP contribution in [-0.4, -0.2) is 17.9 Å². The molecule has 4 rings (SSSR count). The molecule has 2 heterocycles. The molecule has 1 N–H and O–H groups in total. The van der Waals surface area contributed by atoms with Gasteiger partial charge >= 0.3 is 0 Å². The molecule has 0 amide bonds. The maximum Gasteiger partial charge on any atom is 0.166 e. The monoisotopic (exact) mass is 293 g/mol. The quantitative estimate of drug-likeness (QED) is 0.839. The molecule has 2 aromatic carbocycles. The summed E-state index contributed by atoms with van der Waals surface area (Å²) >= 11 is 0. The fourth-order valence-corrected chi connectivity index (χ4v) is 4.39. The third-order valence-corrected chi connectivity index (χ3v) is 5.47. The molecule has 2 atom stereocenters. The number of carbonyl (C=O) groups excluding carboxylic acids is 1. The standard InChI is InChI=1S/C20H23NO/c1-13-9-10-14-5-2-3-8-18(14)19(13)20(22)15-11-16-6-4-7-17(12-15)21-16/h2-3,5,8-10,15-17,21H,4,6-7,11-12H2,1H3. The summed E-state index contributed by atoms with van der Waals surface area (Å²) in [4.78, 5) is 13.2. The van der Waals surface area contributed by atoms with E-state index < -0.39 is 0 Å². The van der Waals surface area contributed by atoms with Gasteiger partial charge < -0.3 is 5.32 Å². The fourth-order valence-electron chi connectivity index (χ4n) is 4.39. The van der Waals surface area contributed by atoms with Crippen molar-refractivity contribution in [2.75, 3.05) is 0 Å². The lowest BCUT2D eigenvalue weighted by atomic mass is 9.76. The van der Waals surface area contributed by atoms with E-state index in [1.165, 1.54) is 24.6 Å². The lowest BCUT2D eigenvalue weighted by Crippen LogP contribution is -2.50. The highest BCUT2D eigenvalue weighted by atomic mass is 16.1. The van der Waals surface area contributed by atoms with Crippen LogP contribution < -0.4 is 5.32 Å². The van der Waals surface area contributed by atoms with E-state index in [1.54, 1.807) is 0 Å². The Morgan fingerprint density at radius 1 is 1.05 bits per heavy atom. The predicted octanol–water partition coefficient (Wildman–Crippen LogP) is 4.25. The summed E-state index contributed by atoms with van der Waals surface area (Å²) in [6.07, 6.45) is 5.80. The average Bonchev–Trinajstić information content (AvgIpc) is 2.54. The lowest BCUT2D eigenvalue weighted by Gasteiger charge is -2.40. The minimum atomic E-state index is 0.195. The summed E-state index contributed by atoms with van der Waals surface area (Å²) < 4.78 is 0. The smallest absolute Gasteiger partial charge is 0.166 e. The number of ketones is 1. The minimum Gasteiger partial charge on any atom is -0.311 e. The fraction of sp³-hybridized carbons (Fsp3) is 0.450. The molecular formula is C20H23NO. The van der Waals surface area contributed by atoms with Crippen LogP contribution in [0.4, 0.5) is 0 Å². The van der Waals surface area contributed by atoms with Crippen LogP contribution in [-0.2, 0) is 0 Å². The number of hydrogen-bond acceptors (Lipinski definition) is 2. The molecule has 2 unspecified atom stereocenters. The van der Waals surface area contributed by atoms with Crippen LogP contribution in [0.1, 0.15) is 48.0 Å². The first-order chi connectivity index (χ1) is 10.7. The summed E-state index contributed by atoms with van der Waals surface area (Å²) in [5.74, 6) is 0.564. The Bertz CT molecular complexity index is 709. The van der Waals surface area contributed by atoms with Crippen LogP contribution in [0.15, 0.2) is 36.4 Å². The van der Waals surface area contributed by atoms with Crippen molar-refractivity contribution < 1.29 is 4.79 Å². The molecule has 114 valence electrons. The largest absolute Gasteiger partial charge is 0.311 e. The highest BCUT2D eigenvalue weighted by Gasteiger charge is 2.35. The van der Waals surface area contributed by atoms with Crippen molar-refractivity contribution in [3.63, 3.8) is 0 Å². The molecule has 2 fully saturated rings. The van der Waals surface area contributed by atoms with Crippen molar-refractivity contribution in [2.24, 2.45) is 5.92 Å². The summed E-state index contributed by atoms with van der Waals surface area (Å²) in [6, 6.07) is 13.6. The van der Waals surface area contributed by atoms with Gasteiger partial charge in [-0.1, -0.05) is 42.8 Å². The molecule has 0 saturated carbocycles. The number of rotatable bonds is 2. The van der Waals surface area contributed by atoms with Crippen LogP contribution in [0.2, 0.25) is 0 Å². The van der Waals surface area contributed by atoms with E-state index in [0.717, 1.165) is 29.4 Å². The van der Waals surface area contributed by atoms with Gasteiger partial charge in [0.2, 0.25) is 0 Å². The van der Waals surface area contributed by atoms with Crippen molar-refractivity contribution in [1.82, 2.24) is 5.32 Å². The third kappa shape index (κ3) is 2.36. The van der Waals surface area contributed by atoms with Gasteiger partial charge in [-0.25, -0.2) is 0 Å². The van der Waals surface area contributed by atoms with E-state index >= 15 is 0 Å².